The second-order valence-electron chi connectivity index (χ2n) is 4.91. The fourth-order valence-electron chi connectivity index (χ4n) is 2.52. The Kier molecular flexibility index (Phi) is 4.42. The van der Waals surface area contributed by atoms with Gasteiger partial charge in [0.2, 0.25) is 0 Å². The van der Waals surface area contributed by atoms with Crippen molar-refractivity contribution in [2.45, 2.75) is 51.1 Å². The van der Waals surface area contributed by atoms with E-state index in [4.69, 9.17) is 4.42 Å². The first-order valence-corrected chi connectivity index (χ1v) is 6.63. The number of aromatic nitrogens is 1. The van der Waals surface area contributed by atoms with Crippen molar-refractivity contribution in [3.63, 3.8) is 0 Å². The number of nitrogens with one attached hydrogen (secondary N) is 1. The standard InChI is InChI=1S/C13H23N3O/c1-14-9-11-10-17-13(15-11)16(2)12-7-5-3-4-6-8-12/h10,12,14H,3-9H2,1-2H3. The van der Waals surface area contributed by atoms with Gasteiger partial charge in [-0.2, -0.15) is 4.98 Å². The molecule has 1 saturated carbocycles. The lowest BCUT2D eigenvalue weighted by molar-refractivity contribution is 0.481. The van der Waals surface area contributed by atoms with Crippen LogP contribution in [0.2, 0.25) is 0 Å². The zero-order chi connectivity index (χ0) is 12.1. The molecule has 0 spiro atoms. The van der Waals surface area contributed by atoms with E-state index < -0.39 is 0 Å². The predicted octanol–water partition coefficient (Wildman–Crippen LogP) is 2.55. The van der Waals surface area contributed by atoms with Crippen molar-refractivity contribution < 1.29 is 4.42 Å². The Morgan fingerprint density at radius 2 is 2.06 bits per heavy atom. The Morgan fingerprint density at radius 3 is 2.71 bits per heavy atom. The quantitative estimate of drug-likeness (QED) is 0.817. The van der Waals surface area contributed by atoms with Crippen molar-refractivity contribution in [3.8, 4) is 0 Å². The van der Waals surface area contributed by atoms with Gasteiger partial charge in [0.25, 0.3) is 6.01 Å². The van der Waals surface area contributed by atoms with Crippen LogP contribution in [-0.2, 0) is 6.54 Å². The van der Waals surface area contributed by atoms with E-state index in [-0.39, 0.29) is 0 Å². The molecule has 0 bridgehead atoms. The molecule has 4 heteroatoms. The highest BCUT2D eigenvalue weighted by Gasteiger charge is 2.20. The molecule has 2 rings (SSSR count). The minimum atomic E-state index is 0.596. The van der Waals surface area contributed by atoms with E-state index in [9.17, 15) is 0 Å². The van der Waals surface area contributed by atoms with Crippen molar-refractivity contribution in [2.75, 3.05) is 19.0 Å². The van der Waals surface area contributed by atoms with Crippen LogP contribution in [0, 0.1) is 0 Å². The molecule has 0 saturated heterocycles. The second-order valence-corrected chi connectivity index (χ2v) is 4.91. The van der Waals surface area contributed by atoms with E-state index in [1.54, 1.807) is 6.26 Å². The first-order chi connectivity index (χ1) is 8.31. The molecular weight excluding hydrogens is 214 g/mol. The number of rotatable bonds is 4. The lowest BCUT2D eigenvalue weighted by Crippen LogP contribution is -2.31. The maximum Gasteiger partial charge on any atom is 0.297 e. The molecule has 0 atom stereocenters. The maximum absolute atomic E-state index is 5.55. The van der Waals surface area contributed by atoms with Crippen molar-refractivity contribution in [1.82, 2.24) is 10.3 Å². The summed E-state index contributed by atoms with van der Waals surface area (Å²) in [6.45, 7) is 0.766. The first kappa shape index (κ1) is 12.4. The molecule has 1 fully saturated rings. The molecule has 4 nitrogen and oxygen atoms in total. The summed E-state index contributed by atoms with van der Waals surface area (Å²) < 4.78 is 5.55. The molecule has 96 valence electrons. The summed E-state index contributed by atoms with van der Waals surface area (Å²) in [5.74, 6) is 0. The topological polar surface area (TPSA) is 41.3 Å². The molecule has 0 amide bonds. The molecule has 0 radical (unpaired) electrons. The lowest BCUT2D eigenvalue weighted by Gasteiger charge is -2.25. The second kappa shape index (κ2) is 6.05. The van der Waals surface area contributed by atoms with Gasteiger partial charge in [-0.15, -0.1) is 0 Å². The molecular formula is C13H23N3O. The van der Waals surface area contributed by atoms with Crippen molar-refractivity contribution in [2.24, 2.45) is 0 Å². The molecule has 1 aromatic rings. The fourth-order valence-corrected chi connectivity index (χ4v) is 2.52. The average Bonchev–Trinajstić information content (AvgIpc) is 2.64. The van der Waals surface area contributed by atoms with Crippen LogP contribution < -0.4 is 10.2 Å². The Labute approximate surface area is 103 Å². The molecule has 17 heavy (non-hydrogen) atoms. The smallest absolute Gasteiger partial charge is 0.297 e. The van der Waals surface area contributed by atoms with Crippen molar-refractivity contribution >= 4 is 6.01 Å². The highest BCUT2D eigenvalue weighted by molar-refractivity contribution is 5.27. The maximum atomic E-state index is 5.55. The molecule has 1 heterocycles. The van der Waals surface area contributed by atoms with Gasteiger partial charge in [-0.3, -0.25) is 0 Å². The van der Waals surface area contributed by atoms with Crippen LogP contribution in [0.1, 0.15) is 44.2 Å². The van der Waals surface area contributed by atoms with E-state index in [0.29, 0.717) is 6.04 Å². The summed E-state index contributed by atoms with van der Waals surface area (Å²) in [5.41, 5.74) is 0.975. The Balaban J connectivity index is 1.98. The summed E-state index contributed by atoms with van der Waals surface area (Å²) in [6, 6.07) is 1.36. The minimum absolute atomic E-state index is 0.596. The molecule has 0 aromatic carbocycles. The molecule has 0 unspecified atom stereocenters. The number of hydrogen-bond donors (Lipinski definition) is 1. The third-order valence-corrected chi connectivity index (χ3v) is 3.57. The molecule has 1 aromatic heterocycles. The van der Waals surface area contributed by atoms with Gasteiger partial charge >= 0.3 is 0 Å². The van der Waals surface area contributed by atoms with Crippen LogP contribution >= 0.6 is 0 Å². The summed E-state index contributed by atoms with van der Waals surface area (Å²) in [6.07, 6.45) is 9.69. The van der Waals surface area contributed by atoms with E-state index in [2.05, 4.69) is 22.2 Å². The Hall–Kier alpha value is -1.03. The highest BCUT2D eigenvalue weighted by Crippen LogP contribution is 2.24. The van der Waals surface area contributed by atoms with Crippen molar-refractivity contribution in [1.29, 1.82) is 0 Å². The van der Waals surface area contributed by atoms with Gasteiger partial charge in [-0.25, -0.2) is 0 Å². The van der Waals surface area contributed by atoms with Gasteiger partial charge in [0.15, 0.2) is 0 Å². The van der Waals surface area contributed by atoms with Gasteiger partial charge in [0.1, 0.15) is 6.26 Å². The van der Waals surface area contributed by atoms with Gasteiger partial charge < -0.3 is 14.6 Å². The van der Waals surface area contributed by atoms with Crippen LogP contribution in [0.15, 0.2) is 10.7 Å². The summed E-state index contributed by atoms with van der Waals surface area (Å²) in [5, 5.41) is 3.08. The summed E-state index contributed by atoms with van der Waals surface area (Å²) >= 11 is 0. The molecule has 1 N–H and O–H groups in total. The third kappa shape index (κ3) is 3.22. The lowest BCUT2D eigenvalue weighted by atomic mass is 10.1. The van der Waals surface area contributed by atoms with Crippen molar-refractivity contribution in [3.05, 3.63) is 12.0 Å². The van der Waals surface area contributed by atoms with Gasteiger partial charge in [-0.05, 0) is 19.9 Å². The van der Waals surface area contributed by atoms with E-state index >= 15 is 0 Å². The Bertz CT molecular complexity index is 329. The average molecular weight is 237 g/mol. The SMILES string of the molecule is CNCc1coc(N(C)C2CCCCCC2)n1. The largest absolute Gasteiger partial charge is 0.432 e. The summed E-state index contributed by atoms with van der Waals surface area (Å²) in [7, 11) is 4.02. The minimum Gasteiger partial charge on any atom is -0.432 e. The van der Waals surface area contributed by atoms with Gasteiger partial charge in [-0.1, -0.05) is 25.7 Å². The van der Waals surface area contributed by atoms with E-state index in [1.165, 1.54) is 38.5 Å². The zero-order valence-electron chi connectivity index (χ0n) is 10.9. The summed E-state index contributed by atoms with van der Waals surface area (Å²) in [4.78, 5) is 6.72. The van der Waals surface area contributed by atoms with E-state index in [1.807, 2.05) is 7.05 Å². The van der Waals surface area contributed by atoms with E-state index in [0.717, 1.165) is 18.3 Å². The van der Waals surface area contributed by atoms with Gasteiger partial charge in [0, 0.05) is 19.6 Å². The number of oxazole rings is 1. The fraction of sp³-hybridized carbons (Fsp3) is 0.769. The van der Waals surface area contributed by atoms with Crippen LogP contribution in [0.3, 0.4) is 0 Å². The molecule has 0 aliphatic heterocycles. The van der Waals surface area contributed by atoms with Crippen LogP contribution in [0.5, 0.6) is 0 Å². The normalized spacial score (nSPS) is 18.0. The van der Waals surface area contributed by atoms with Crippen LogP contribution in [0.25, 0.3) is 0 Å². The van der Waals surface area contributed by atoms with Gasteiger partial charge in [0.05, 0.1) is 5.69 Å². The molecule has 1 aliphatic carbocycles. The van der Waals surface area contributed by atoms with Crippen LogP contribution in [0.4, 0.5) is 6.01 Å². The number of anilines is 1. The number of nitrogens with zero attached hydrogens (tertiary/aromatic N) is 2. The van der Waals surface area contributed by atoms with Crippen LogP contribution in [-0.4, -0.2) is 25.1 Å². The third-order valence-electron chi connectivity index (χ3n) is 3.57. The monoisotopic (exact) mass is 237 g/mol. The molecule has 1 aliphatic rings. The zero-order valence-corrected chi connectivity index (χ0v) is 10.9. The number of hydrogen-bond acceptors (Lipinski definition) is 4. The highest BCUT2D eigenvalue weighted by atomic mass is 16.4. The predicted molar refractivity (Wildman–Crippen MR) is 69.2 cm³/mol. The first-order valence-electron chi connectivity index (χ1n) is 6.63. The Morgan fingerprint density at radius 1 is 1.35 bits per heavy atom.